The minimum atomic E-state index is -0.759. The third-order valence-electron chi connectivity index (χ3n) is 3.35. The molecule has 0 spiro atoms. The molecule has 0 radical (unpaired) electrons. The average molecular weight is 334 g/mol. The van der Waals surface area contributed by atoms with Crippen LogP contribution in [-0.2, 0) is 9.59 Å². The number of hydrogen-bond donors (Lipinski definition) is 3. The summed E-state index contributed by atoms with van der Waals surface area (Å²) in [6, 6.07) is 6.24. The highest BCUT2D eigenvalue weighted by Gasteiger charge is 2.25. The van der Waals surface area contributed by atoms with Gasteiger partial charge in [-0.25, -0.2) is 0 Å². The van der Waals surface area contributed by atoms with Crippen LogP contribution >= 0.6 is 0 Å². The number of rotatable bonds is 4. The monoisotopic (exact) mass is 334 g/mol. The Balaban J connectivity index is 2.59. The molecule has 0 aliphatic carbocycles. The number of hydrogen-bond acceptors (Lipinski definition) is 4. The van der Waals surface area contributed by atoms with Crippen LogP contribution in [0.2, 0.25) is 0 Å². The Morgan fingerprint density at radius 3 is 2.25 bits per heavy atom. The van der Waals surface area contributed by atoms with Crippen LogP contribution in [0.5, 0.6) is 0 Å². The molecule has 1 aromatic carbocycles. The first-order valence-corrected chi connectivity index (χ1v) is 7.71. The number of amides is 3. The molecule has 0 fully saturated rings. The van der Waals surface area contributed by atoms with E-state index in [1.54, 1.807) is 45.9 Å². The lowest BCUT2D eigenvalue weighted by atomic mass is 9.95. The van der Waals surface area contributed by atoms with E-state index in [-0.39, 0.29) is 5.91 Å². The summed E-state index contributed by atoms with van der Waals surface area (Å²) < 4.78 is 0. The van der Waals surface area contributed by atoms with Gasteiger partial charge in [0, 0.05) is 30.8 Å². The van der Waals surface area contributed by atoms with Gasteiger partial charge in [-0.2, -0.15) is 0 Å². The Labute approximate surface area is 142 Å². The summed E-state index contributed by atoms with van der Waals surface area (Å²) in [7, 11) is 3.75. The lowest BCUT2D eigenvalue weighted by Gasteiger charge is -2.21. The molecular weight excluding hydrogens is 308 g/mol. The van der Waals surface area contributed by atoms with Gasteiger partial charge < -0.3 is 10.2 Å². The normalized spacial score (nSPS) is 12.1. The van der Waals surface area contributed by atoms with Crippen molar-refractivity contribution in [2.45, 2.75) is 33.7 Å². The summed E-state index contributed by atoms with van der Waals surface area (Å²) in [6.07, 6.45) is 0. The van der Waals surface area contributed by atoms with Crippen LogP contribution in [0.4, 0.5) is 5.69 Å². The zero-order valence-corrected chi connectivity index (χ0v) is 15.1. The van der Waals surface area contributed by atoms with Crippen LogP contribution in [0.1, 0.15) is 38.1 Å². The highest BCUT2D eigenvalue weighted by Crippen LogP contribution is 2.13. The topological polar surface area (TPSA) is 90.5 Å². The van der Waals surface area contributed by atoms with Crippen molar-refractivity contribution in [3.63, 3.8) is 0 Å². The van der Waals surface area contributed by atoms with Crippen molar-refractivity contribution in [2.75, 3.05) is 19.0 Å². The second-order valence-corrected chi connectivity index (χ2v) is 6.83. The predicted octanol–water partition coefficient (Wildman–Crippen LogP) is 1.06. The number of nitrogens with one attached hydrogen (secondary N) is 3. The molecule has 3 amide bonds. The van der Waals surface area contributed by atoms with Gasteiger partial charge in [0.2, 0.25) is 5.91 Å². The maximum Gasteiger partial charge on any atom is 0.269 e. The predicted molar refractivity (Wildman–Crippen MR) is 93.4 cm³/mol. The van der Waals surface area contributed by atoms with E-state index in [1.165, 1.54) is 0 Å². The van der Waals surface area contributed by atoms with Crippen molar-refractivity contribution in [1.29, 1.82) is 0 Å². The molecule has 0 heterocycles. The first-order valence-electron chi connectivity index (χ1n) is 7.71. The van der Waals surface area contributed by atoms with Crippen molar-refractivity contribution in [3.05, 3.63) is 29.8 Å². The van der Waals surface area contributed by atoms with Gasteiger partial charge in [-0.1, -0.05) is 26.8 Å². The van der Waals surface area contributed by atoms with E-state index in [0.717, 1.165) is 5.69 Å². The molecule has 24 heavy (non-hydrogen) atoms. The second-order valence-electron chi connectivity index (χ2n) is 6.83. The lowest BCUT2D eigenvalue weighted by molar-refractivity contribution is -0.133. The van der Waals surface area contributed by atoms with Crippen LogP contribution in [0.15, 0.2) is 24.3 Å². The smallest absolute Gasteiger partial charge is 0.269 e. The molecular formula is C17H26N4O3. The first kappa shape index (κ1) is 19.5. The van der Waals surface area contributed by atoms with Gasteiger partial charge in [0.05, 0.1) is 0 Å². The van der Waals surface area contributed by atoms with Crippen LogP contribution in [0.3, 0.4) is 0 Å². The summed E-state index contributed by atoms with van der Waals surface area (Å²) in [6.45, 7) is 6.82. The SMILES string of the molecule is CC(NC(=O)C(C)(C)C)C(=O)NNC(=O)c1cccc(N(C)C)c1. The Morgan fingerprint density at radius 2 is 1.71 bits per heavy atom. The van der Waals surface area contributed by atoms with E-state index >= 15 is 0 Å². The van der Waals surface area contributed by atoms with Crippen molar-refractivity contribution in [3.8, 4) is 0 Å². The average Bonchev–Trinajstić information content (AvgIpc) is 2.51. The van der Waals surface area contributed by atoms with Crippen molar-refractivity contribution < 1.29 is 14.4 Å². The maximum absolute atomic E-state index is 12.1. The van der Waals surface area contributed by atoms with Crippen LogP contribution < -0.4 is 21.1 Å². The molecule has 7 heteroatoms. The molecule has 0 aliphatic rings. The molecule has 0 aliphatic heterocycles. The minimum absolute atomic E-state index is 0.241. The summed E-state index contributed by atoms with van der Waals surface area (Å²) in [5, 5.41) is 2.60. The van der Waals surface area contributed by atoms with Crippen LogP contribution in [0.25, 0.3) is 0 Å². The van der Waals surface area contributed by atoms with Gasteiger partial charge in [0.15, 0.2) is 0 Å². The zero-order chi connectivity index (χ0) is 18.5. The highest BCUT2D eigenvalue weighted by molar-refractivity contribution is 5.97. The fourth-order valence-electron chi connectivity index (χ4n) is 1.70. The standard InChI is InChI=1S/C17H26N4O3/c1-11(18-16(24)17(2,3)4)14(22)19-20-15(23)12-8-7-9-13(10-12)21(5)6/h7-11H,1-6H3,(H,18,24)(H,19,22)(H,20,23). The van der Waals surface area contributed by atoms with E-state index < -0.39 is 23.3 Å². The van der Waals surface area contributed by atoms with Gasteiger partial charge in [-0.3, -0.25) is 25.2 Å². The molecule has 7 nitrogen and oxygen atoms in total. The second kappa shape index (κ2) is 7.81. The quantitative estimate of drug-likeness (QED) is 0.718. The third kappa shape index (κ3) is 5.57. The number of carbonyl (C=O) groups excluding carboxylic acids is 3. The number of nitrogens with zero attached hydrogens (tertiary/aromatic N) is 1. The fraction of sp³-hybridized carbons (Fsp3) is 0.471. The molecule has 132 valence electrons. The zero-order valence-electron chi connectivity index (χ0n) is 15.1. The van der Waals surface area contributed by atoms with Crippen molar-refractivity contribution >= 4 is 23.4 Å². The lowest BCUT2D eigenvalue weighted by Crippen LogP contribution is -2.52. The highest BCUT2D eigenvalue weighted by atomic mass is 16.2. The van der Waals surface area contributed by atoms with Gasteiger partial charge in [0.25, 0.3) is 11.8 Å². The molecule has 0 saturated heterocycles. The van der Waals surface area contributed by atoms with E-state index in [1.807, 2.05) is 25.1 Å². The van der Waals surface area contributed by atoms with Crippen LogP contribution in [-0.4, -0.2) is 37.9 Å². The number of anilines is 1. The van der Waals surface area contributed by atoms with Crippen LogP contribution in [0, 0.1) is 5.41 Å². The minimum Gasteiger partial charge on any atom is -0.378 e. The van der Waals surface area contributed by atoms with Gasteiger partial charge in [0.1, 0.15) is 6.04 Å². The number of benzene rings is 1. The Kier molecular flexibility index (Phi) is 6.34. The summed E-state index contributed by atoms with van der Waals surface area (Å²) in [5.74, 6) is -1.17. The van der Waals surface area contributed by atoms with E-state index in [2.05, 4.69) is 16.2 Å². The van der Waals surface area contributed by atoms with E-state index in [9.17, 15) is 14.4 Å². The molecule has 3 N–H and O–H groups in total. The van der Waals surface area contributed by atoms with Crippen molar-refractivity contribution in [2.24, 2.45) is 5.41 Å². The van der Waals surface area contributed by atoms with E-state index in [4.69, 9.17) is 0 Å². The first-order chi connectivity index (χ1) is 11.0. The summed E-state index contributed by atoms with van der Waals surface area (Å²) in [5.41, 5.74) is 5.37. The Hall–Kier alpha value is -2.57. The molecule has 1 unspecified atom stereocenters. The van der Waals surface area contributed by atoms with Gasteiger partial charge >= 0.3 is 0 Å². The Bertz CT molecular complexity index is 621. The maximum atomic E-state index is 12.1. The van der Waals surface area contributed by atoms with Crippen molar-refractivity contribution in [1.82, 2.24) is 16.2 Å². The molecule has 1 atom stereocenters. The summed E-state index contributed by atoms with van der Waals surface area (Å²) in [4.78, 5) is 37.8. The van der Waals surface area contributed by atoms with E-state index in [0.29, 0.717) is 5.56 Å². The van der Waals surface area contributed by atoms with Gasteiger partial charge in [-0.05, 0) is 25.1 Å². The number of carbonyl (C=O) groups is 3. The van der Waals surface area contributed by atoms with Gasteiger partial charge in [-0.15, -0.1) is 0 Å². The number of hydrazine groups is 1. The summed E-state index contributed by atoms with van der Waals surface area (Å²) >= 11 is 0. The fourth-order valence-corrected chi connectivity index (χ4v) is 1.70. The molecule has 0 aromatic heterocycles. The molecule has 0 bridgehead atoms. The molecule has 1 aromatic rings. The largest absolute Gasteiger partial charge is 0.378 e. The molecule has 0 saturated carbocycles. The third-order valence-corrected chi connectivity index (χ3v) is 3.35. The molecule has 1 rings (SSSR count). The Morgan fingerprint density at radius 1 is 1.08 bits per heavy atom.